The molecule has 2 aliphatic rings. The standard InChI is InChI=1S/C23H23N3O4/c27-23(18-10-12-28-13-11-18)26-14-20(15-26)29-19-8-6-16(7-9-19)21-24-22(30-25-21)17-4-2-1-3-5-17/h1-9,18,20H,10-15H2. The van der Waals surface area contributed by atoms with Gasteiger partial charge in [-0.1, -0.05) is 23.4 Å². The van der Waals surface area contributed by atoms with E-state index in [9.17, 15) is 4.79 Å². The van der Waals surface area contributed by atoms with Gasteiger partial charge in [-0.2, -0.15) is 4.98 Å². The minimum Gasteiger partial charge on any atom is -0.487 e. The summed E-state index contributed by atoms with van der Waals surface area (Å²) in [7, 11) is 0. The number of likely N-dealkylation sites (tertiary alicyclic amines) is 1. The zero-order chi connectivity index (χ0) is 20.3. The Balaban J connectivity index is 1.16. The van der Waals surface area contributed by atoms with Crippen LogP contribution in [0.5, 0.6) is 5.75 Å². The van der Waals surface area contributed by atoms with Crippen molar-refractivity contribution >= 4 is 5.91 Å². The third kappa shape index (κ3) is 3.93. The highest BCUT2D eigenvalue weighted by atomic mass is 16.5. The van der Waals surface area contributed by atoms with E-state index in [1.807, 2.05) is 59.5 Å². The first kappa shape index (κ1) is 18.8. The number of hydrogen-bond acceptors (Lipinski definition) is 6. The average Bonchev–Trinajstić information content (AvgIpc) is 3.27. The van der Waals surface area contributed by atoms with Gasteiger partial charge in [-0.05, 0) is 49.2 Å². The maximum atomic E-state index is 12.5. The van der Waals surface area contributed by atoms with Crippen LogP contribution in [0.25, 0.3) is 22.8 Å². The van der Waals surface area contributed by atoms with Gasteiger partial charge >= 0.3 is 0 Å². The Morgan fingerprint density at radius 2 is 1.70 bits per heavy atom. The molecule has 7 heteroatoms. The van der Waals surface area contributed by atoms with Crippen LogP contribution in [0.1, 0.15) is 12.8 Å². The van der Waals surface area contributed by atoms with Gasteiger partial charge in [0.25, 0.3) is 5.89 Å². The van der Waals surface area contributed by atoms with E-state index in [1.54, 1.807) is 0 Å². The molecule has 0 unspecified atom stereocenters. The molecular formula is C23H23N3O4. The van der Waals surface area contributed by atoms with Crippen molar-refractivity contribution < 1.29 is 18.8 Å². The average molecular weight is 405 g/mol. The van der Waals surface area contributed by atoms with Crippen molar-refractivity contribution in [1.82, 2.24) is 15.0 Å². The lowest BCUT2D eigenvalue weighted by Gasteiger charge is -2.41. The summed E-state index contributed by atoms with van der Waals surface area (Å²) in [6.07, 6.45) is 1.68. The van der Waals surface area contributed by atoms with Crippen LogP contribution in [0.15, 0.2) is 59.1 Å². The fourth-order valence-corrected chi connectivity index (χ4v) is 3.81. The summed E-state index contributed by atoms with van der Waals surface area (Å²) < 4.78 is 16.7. The lowest BCUT2D eigenvalue weighted by molar-refractivity contribution is -0.147. The molecule has 2 saturated heterocycles. The number of nitrogens with zero attached hydrogens (tertiary/aromatic N) is 3. The van der Waals surface area contributed by atoms with Crippen molar-refractivity contribution in [3.8, 4) is 28.6 Å². The minimum atomic E-state index is 0.0366. The molecule has 0 spiro atoms. The number of amides is 1. The summed E-state index contributed by atoms with van der Waals surface area (Å²) in [4.78, 5) is 18.8. The normalized spacial score (nSPS) is 17.5. The molecule has 0 N–H and O–H groups in total. The molecule has 3 heterocycles. The van der Waals surface area contributed by atoms with Gasteiger partial charge in [0.05, 0.1) is 13.1 Å². The van der Waals surface area contributed by atoms with E-state index in [2.05, 4.69) is 10.1 Å². The smallest absolute Gasteiger partial charge is 0.258 e. The zero-order valence-corrected chi connectivity index (χ0v) is 16.6. The molecule has 3 aromatic rings. The maximum absolute atomic E-state index is 12.5. The van der Waals surface area contributed by atoms with Crippen molar-refractivity contribution in [2.75, 3.05) is 26.3 Å². The Morgan fingerprint density at radius 3 is 2.43 bits per heavy atom. The highest BCUT2D eigenvalue weighted by molar-refractivity contribution is 5.79. The van der Waals surface area contributed by atoms with E-state index in [1.165, 1.54) is 0 Å². The number of benzene rings is 2. The Bertz CT molecular complexity index is 991. The van der Waals surface area contributed by atoms with E-state index in [0.717, 1.165) is 29.7 Å². The van der Waals surface area contributed by atoms with Gasteiger partial charge in [-0.3, -0.25) is 4.79 Å². The van der Waals surface area contributed by atoms with Crippen molar-refractivity contribution in [3.05, 3.63) is 54.6 Å². The van der Waals surface area contributed by atoms with Crippen LogP contribution in [-0.2, 0) is 9.53 Å². The van der Waals surface area contributed by atoms with E-state index in [4.69, 9.17) is 14.0 Å². The predicted molar refractivity (Wildman–Crippen MR) is 110 cm³/mol. The van der Waals surface area contributed by atoms with Crippen LogP contribution in [0, 0.1) is 5.92 Å². The second-order valence-corrected chi connectivity index (χ2v) is 7.68. The third-order valence-electron chi connectivity index (χ3n) is 5.59. The van der Waals surface area contributed by atoms with Crippen molar-refractivity contribution in [3.63, 3.8) is 0 Å². The van der Waals surface area contributed by atoms with Crippen LogP contribution in [0.3, 0.4) is 0 Å². The molecule has 5 rings (SSSR count). The Hall–Kier alpha value is -3.19. The Morgan fingerprint density at radius 1 is 0.967 bits per heavy atom. The molecule has 0 aliphatic carbocycles. The van der Waals surface area contributed by atoms with Gasteiger partial charge < -0.3 is 18.9 Å². The lowest BCUT2D eigenvalue weighted by Crippen LogP contribution is -2.58. The summed E-state index contributed by atoms with van der Waals surface area (Å²) >= 11 is 0. The van der Waals surface area contributed by atoms with Gasteiger partial charge in [-0.25, -0.2) is 0 Å². The fourth-order valence-electron chi connectivity index (χ4n) is 3.81. The second kappa shape index (κ2) is 8.28. The third-order valence-corrected chi connectivity index (χ3v) is 5.59. The van der Waals surface area contributed by atoms with E-state index < -0.39 is 0 Å². The highest BCUT2D eigenvalue weighted by Crippen LogP contribution is 2.26. The van der Waals surface area contributed by atoms with E-state index in [0.29, 0.717) is 38.0 Å². The Labute approximate surface area is 174 Å². The van der Waals surface area contributed by atoms with Crippen molar-refractivity contribution in [2.45, 2.75) is 18.9 Å². The minimum absolute atomic E-state index is 0.0366. The number of aromatic nitrogens is 2. The molecule has 30 heavy (non-hydrogen) atoms. The maximum Gasteiger partial charge on any atom is 0.258 e. The highest BCUT2D eigenvalue weighted by Gasteiger charge is 2.36. The number of carbonyl (C=O) groups excluding carboxylic acids is 1. The zero-order valence-electron chi connectivity index (χ0n) is 16.6. The van der Waals surface area contributed by atoms with E-state index in [-0.39, 0.29) is 17.9 Å². The van der Waals surface area contributed by atoms with Crippen LogP contribution in [0.2, 0.25) is 0 Å². The summed E-state index contributed by atoms with van der Waals surface area (Å²) in [6, 6.07) is 17.3. The SMILES string of the molecule is O=C(C1CCOCC1)N1CC(Oc2ccc(-c3noc(-c4ccccc4)n3)cc2)C1. The molecule has 154 valence electrons. The number of rotatable bonds is 5. The lowest BCUT2D eigenvalue weighted by atomic mass is 9.96. The van der Waals surface area contributed by atoms with Gasteiger partial charge in [0.2, 0.25) is 11.7 Å². The number of ether oxygens (including phenoxy) is 2. The number of hydrogen-bond donors (Lipinski definition) is 0. The van der Waals surface area contributed by atoms with Crippen LogP contribution in [-0.4, -0.2) is 53.4 Å². The molecule has 2 fully saturated rings. The molecule has 1 aromatic heterocycles. The fraction of sp³-hybridized carbons (Fsp3) is 0.348. The molecular weight excluding hydrogens is 382 g/mol. The first-order chi connectivity index (χ1) is 14.8. The number of carbonyl (C=O) groups is 1. The summed E-state index contributed by atoms with van der Waals surface area (Å²) in [5, 5.41) is 4.07. The molecule has 2 aromatic carbocycles. The second-order valence-electron chi connectivity index (χ2n) is 7.68. The van der Waals surface area contributed by atoms with Gasteiger partial charge in [0.15, 0.2) is 0 Å². The molecule has 7 nitrogen and oxygen atoms in total. The van der Waals surface area contributed by atoms with Crippen LogP contribution in [0.4, 0.5) is 0 Å². The van der Waals surface area contributed by atoms with Crippen molar-refractivity contribution in [1.29, 1.82) is 0 Å². The van der Waals surface area contributed by atoms with Gasteiger partial charge in [0.1, 0.15) is 11.9 Å². The first-order valence-electron chi connectivity index (χ1n) is 10.3. The first-order valence-corrected chi connectivity index (χ1v) is 10.3. The predicted octanol–water partition coefficient (Wildman–Crippen LogP) is 3.42. The molecule has 0 atom stereocenters. The Kier molecular flexibility index (Phi) is 5.19. The van der Waals surface area contributed by atoms with Gasteiger partial charge in [-0.15, -0.1) is 0 Å². The summed E-state index contributed by atoms with van der Waals surface area (Å²) in [5.41, 5.74) is 1.75. The van der Waals surface area contributed by atoms with Crippen LogP contribution < -0.4 is 4.74 Å². The summed E-state index contributed by atoms with van der Waals surface area (Å²) in [6.45, 7) is 2.65. The van der Waals surface area contributed by atoms with Crippen LogP contribution >= 0.6 is 0 Å². The van der Waals surface area contributed by atoms with Gasteiger partial charge in [0, 0.05) is 30.3 Å². The molecule has 0 radical (unpaired) electrons. The monoisotopic (exact) mass is 405 g/mol. The summed E-state index contributed by atoms with van der Waals surface area (Å²) in [5.74, 6) is 2.15. The molecule has 0 saturated carbocycles. The molecule has 0 bridgehead atoms. The molecule has 1 amide bonds. The van der Waals surface area contributed by atoms with Crippen molar-refractivity contribution in [2.24, 2.45) is 5.92 Å². The molecule has 2 aliphatic heterocycles. The largest absolute Gasteiger partial charge is 0.487 e. The quantitative estimate of drug-likeness (QED) is 0.647. The topological polar surface area (TPSA) is 77.7 Å². The van der Waals surface area contributed by atoms with E-state index >= 15 is 0 Å².